The number of benzene rings is 1. The zero-order valence-corrected chi connectivity index (χ0v) is 14.3. The number of hydrogen-bond donors (Lipinski definition) is 1. The lowest BCUT2D eigenvalue weighted by Gasteiger charge is -2.21. The third-order valence-electron chi connectivity index (χ3n) is 3.96. The second-order valence-electron chi connectivity index (χ2n) is 6.10. The Kier molecular flexibility index (Phi) is 5.30. The highest BCUT2D eigenvalue weighted by Gasteiger charge is 2.14. The summed E-state index contributed by atoms with van der Waals surface area (Å²) < 4.78 is 7.52. The normalized spacial score (nSPS) is 11.1. The van der Waals surface area contributed by atoms with Gasteiger partial charge in [0.2, 0.25) is 5.91 Å². The number of amides is 1. The molecule has 3 rings (SSSR count). The van der Waals surface area contributed by atoms with Gasteiger partial charge in [-0.05, 0) is 36.2 Å². The number of aryl methyl sites for hydroxylation is 1. The smallest absolute Gasteiger partial charge is 0.231 e. The SMILES string of the molecule is Cc1ccc(CN(CC(N)=O)Cc2ccccc2Cn2cccn2)o1. The molecule has 3 aromatic rings. The summed E-state index contributed by atoms with van der Waals surface area (Å²) in [6.45, 7) is 3.91. The maximum atomic E-state index is 11.5. The molecule has 0 spiro atoms. The zero-order chi connectivity index (χ0) is 17.6. The third-order valence-corrected chi connectivity index (χ3v) is 3.96. The quantitative estimate of drug-likeness (QED) is 0.684. The van der Waals surface area contributed by atoms with E-state index < -0.39 is 0 Å². The molecule has 130 valence electrons. The van der Waals surface area contributed by atoms with Crippen LogP contribution in [0.4, 0.5) is 0 Å². The lowest BCUT2D eigenvalue weighted by Crippen LogP contribution is -2.33. The molecule has 0 aliphatic carbocycles. The number of carbonyl (C=O) groups excluding carboxylic acids is 1. The minimum atomic E-state index is -0.354. The van der Waals surface area contributed by atoms with Crippen molar-refractivity contribution in [2.75, 3.05) is 6.54 Å². The molecule has 2 N–H and O–H groups in total. The second-order valence-corrected chi connectivity index (χ2v) is 6.10. The number of carbonyl (C=O) groups is 1. The number of nitrogens with two attached hydrogens (primary N) is 1. The molecular weight excluding hydrogens is 316 g/mol. The topological polar surface area (TPSA) is 77.3 Å². The van der Waals surface area contributed by atoms with Crippen molar-refractivity contribution >= 4 is 5.91 Å². The van der Waals surface area contributed by atoms with Gasteiger partial charge in [0.15, 0.2) is 0 Å². The first-order valence-electron chi connectivity index (χ1n) is 8.20. The summed E-state index contributed by atoms with van der Waals surface area (Å²) >= 11 is 0. The highest BCUT2D eigenvalue weighted by molar-refractivity contribution is 5.75. The summed E-state index contributed by atoms with van der Waals surface area (Å²) in [4.78, 5) is 13.5. The zero-order valence-electron chi connectivity index (χ0n) is 14.3. The monoisotopic (exact) mass is 338 g/mol. The first kappa shape index (κ1) is 17.0. The van der Waals surface area contributed by atoms with Crippen LogP contribution in [0.3, 0.4) is 0 Å². The number of aromatic nitrogens is 2. The van der Waals surface area contributed by atoms with E-state index in [1.165, 1.54) is 0 Å². The molecule has 2 aromatic heterocycles. The molecule has 0 aliphatic heterocycles. The summed E-state index contributed by atoms with van der Waals surface area (Å²) in [5.74, 6) is 1.32. The Bertz CT molecular complexity index is 824. The van der Waals surface area contributed by atoms with Crippen molar-refractivity contribution in [3.63, 3.8) is 0 Å². The maximum absolute atomic E-state index is 11.5. The van der Waals surface area contributed by atoms with Crippen LogP contribution in [0, 0.1) is 6.92 Å². The molecule has 0 bridgehead atoms. The standard InChI is InChI=1S/C19H22N4O2/c1-15-7-8-18(25-15)13-22(14-19(20)24)11-16-5-2-3-6-17(16)12-23-10-4-9-21-23/h2-10H,11-14H2,1H3,(H2,20,24). The molecule has 0 saturated heterocycles. The van der Waals surface area contributed by atoms with Crippen molar-refractivity contribution in [3.8, 4) is 0 Å². The summed E-state index contributed by atoms with van der Waals surface area (Å²) in [6.07, 6.45) is 3.70. The average Bonchev–Trinajstić information content (AvgIpc) is 3.20. The van der Waals surface area contributed by atoms with Gasteiger partial charge in [0.05, 0.1) is 19.6 Å². The molecule has 1 amide bonds. The first-order chi connectivity index (χ1) is 12.1. The Hall–Kier alpha value is -2.86. The Morgan fingerprint density at radius 2 is 1.96 bits per heavy atom. The molecule has 0 fully saturated rings. The van der Waals surface area contributed by atoms with E-state index in [-0.39, 0.29) is 12.5 Å². The van der Waals surface area contributed by atoms with E-state index in [4.69, 9.17) is 10.2 Å². The number of rotatable bonds is 8. The van der Waals surface area contributed by atoms with Crippen LogP contribution in [0.2, 0.25) is 0 Å². The van der Waals surface area contributed by atoms with Crippen molar-refractivity contribution in [2.45, 2.75) is 26.6 Å². The van der Waals surface area contributed by atoms with E-state index in [9.17, 15) is 4.79 Å². The number of nitrogens with zero attached hydrogens (tertiary/aromatic N) is 3. The Balaban J connectivity index is 1.77. The average molecular weight is 338 g/mol. The molecule has 0 aliphatic rings. The van der Waals surface area contributed by atoms with Gasteiger partial charge in [-0.15, -0.1) is 0 Å². The molecular formula is C19H22N4O2. The van der Waals surface area contributed by atoms with Crippen LogP contribution in [0.1, 0.15) is 22.6 Å². The van der Waals surface area contributed by atoms with Gasteiger partial charge < -0.3 is 10.2 Å². The number of hydrogen-bond acceptors (Lipinski definition) is 4. The Labute approximate surface area is 146 Å². The third kappa shape index (κ3) is 4.81. The van der Waals surface area contributed by atoms with Crippen molar-refractivity contribution in [1.29, 1.82) is 0 Å². The van der Waals surface area contributed by atoms with Crippen molar-refractivity contribution in [3.05, 3.63) is 77.5 Å². The fourth-order valence-electron chi connectivity index (χ4n) is 2.85. The van der Waals surface area contributed by atoms with Crippen LogP contribution >= 0.6 is 0 Å². The lowest BCUT2D eigenvalue weighted by molar-refractivity contribution is -0.119. The summed E-state index contributed by atoms with van der Waals surface area (Å²) in [7, 11) is 0. The van der Waals surface area contributed by atoms with Gasteiger partial charge in [0.1, 0.15) is 11.5 Å². The van der Waals surface area contributed by atoms with E-state index in [0.29, 0.717) is 19.6 Å². The van der Waals surface area contributed by atoms with Gasteiger partial charge in [-0.1, -0.05) is 24.3 Å². The number of furan rings is 1. The first-order valence-corrected chi connectivity index (χ1v) is 8.20. The van der Waals surface area contributed by atoms with Gasteiger partial charge in [0, 0.05) is 18.9 Å². The number of primary amides is 1. The molecule has 0 saturated carbocycles. The van der Waals surface area contributed by atoms with Crippen molar-refractivity contribution in [1.82, 2.24) is 14.7 Å². The fourth-order valence-corrected chi connectivity index (χ4v) is 2.85. The van der Waals surface area contributed by atoms with Crippen molar-refractivity contribution < 1.29 is 9.21 Å². The van der Waals surface area contributed by atoms with Gasteiger partial charge in [-0.2, -0.15) is 5.10 Å². The van der Waals surface area contributed by atoms with Crippen LogP contribution < -0.4 is 5.73 Å². The summed E-state index contributed by atoms with van der Waals surface area (Å²) in [5, 5.41) is 4.26. The molecule has 25 heavy (non-hydrogen) atoms. The van der Waals surface area contributed by atoms with E-state index in [1.807, 2.05) is 53.0 Å². The predicted molar refractivity (Wildman–Crippen MR) is 94.5 cm³/mol. The molecule has 0 unspecified atom stereocenters. The highest BCUT2D eigenvalue weighted by atomic mass is 16.3. The van der Waals surface area contributed by atoms with Crippen LogP contribution in [0.25, 0.3) is 0 Å². The molecule has 6 nitrogen and oxygen atoms in total. The van der Waals surface area contributed by atoms with Gasteiger partial charge >= 0.3 is 0 Å². The largest absolute Gasteiger partial charge is 0.465 e. The predicted octanol–water partition coefficient (Wildman–Crippen LogP) is 2.32. The molecule has 1 aromatic carbocycles. The van der Waals surface area contributed by atoms with E-state index >= 15 is 0 Å². The fraction of sp³-hybridized carbons (Fsp3) is 0.263. The van der Waals surface area contributed by atoms with E-state index in [0.717, 1.165) is 22.6 Å². The van der Waals surface area contributed by atoms with Gasteiger partial charge in [-0.25, -0.2) is 0 Å². The van der Waals surface area contributed by atoms with Crippen LogP contribution in [0.5, 0.6) is 0 Å². The van der Waals surface area contributed by atoms with E-state index in [2.05, 4.69) is 17.2 Å². The van der Waals surface area contributed by atoms with Crippen molar-refractivity contribution in [2.24, 2.45) is 5.73 Å². The van der Waals surface area contributed by atoms with Crippen LogP contribution in [0.15, 0.2) is 59.3 Å². The Morgan fingerprint density at radius 1 is 1.16 bits per heavy atom. The van der Waals surface area contributed by atoms with Gasteiger partial charge in [0.25, 0.3) is 0 Å². The lowest BCUT2D eigenvalue weighted by atomic mass is 10.1. The molecule has 6 heteroatoms. The van der Waals surface area contributed by atoms with E-state index in [1.54, 1.807) is 6.20 Å². The molecule has 0 atom stereocenters. The maximum Gasteiger partial charge on any atom is 0.231 e. The minimum absolute atomic E-state index is 0.176. The molecule has 2 heterocycles. The molecule has 0 radical (unpaired) electrons. The summed E-state index contributed by atoms with van der Waals surface area (Å²) in [6, 6.07) is 13.9. The Morgan fingerprint density at radius 3 is 2.60 bits per heavy atom. The minimum Gasteiger partial charge on any atom is -0.465 e. The van der Waals surface area contributed by atoms with Gasteiger partial charge in [-0.3, -0.25) is 14.4 Å². The summed E-state index contributed by atoms with van der Waals surface area (Å²) in [5.41, 5.74) is 7.73. The second kappa shape index (κ2) is 7.81. The van der Waals surface area contributed by atoms with Crippen LogP contribution in [-0.2, 0) is 24.4 Å². The van der Waals surface area contributed by atoms with Crippen LogP contribution in [-0.4, -0.2) is 27.1 Å². The highest BCUT2D eigenvalue weighted by Crippen LogP contribution is 2.16.